The van der Waals surface area contributed by atoms with Crippen molar-refractivity contribution in [3.8, 4) is 5.75 Å². The van der Waals surface area contributed by atoms with E-state index in [9.17, 15) is 9.90 Å². The summed E-state index contributed by atoms with van der Waals surface area (Å²) in [4.78, 5) is 11.8. The molecule has 0 spiro atoms. The highest BCUT2D eigenvalue weighted by Crippen LogP contribution is 2.35. The summed E-state index contributed by atoms with van der Waals surface area (Å²) in [6, 6.07) is 7.49. The molecule has 0 aromatic heterocycles. The monoisotopic (exact) mass is 309 g/mol. The Balaban J connectivity index is 3.31. The standard InChI is InChI=1S/C15H26O3Si2/c1-15(14(16)17,19(2,3)4)12-9-8-10-13(11-12)18-20(5,6)7/h8-11H,1-7H3,(H,16,17)/p-1. The van der Waals surface area contributed by atoms with Crippen LogP contribution >= 0.6 is 0 Å². The van der Waals surface area contributed by atoms with E-state index in [1.807, 2.05) is 24.3 Å². The van der Waals surface area contributed by atoms with E-state index in [0.717, 1.165) is 11.3 Å². The molecule has 0 saturated carbocycles. The Hall–Kier alpha value is -1.08. The molecular weight excluding hydrogens is 284 g/mol. The minimum Gasteiger partial charge on any atom is -0.550 e. The molecule has 1 atom stereocenters. The van der Waals surface area contributed by atoms with E-state index in [1.165, 1.54) is 0 Å². The van der Waals surface area contributed by atoms with E-state index >= 15 is 0 Å². The molecule has 1 aromatic rings. The summed E-state index contributed by atoms with van der Waals surface area (Å²) in [7, 11) is -3.71. The van der Waals surface area contributed by atoms with E-state index in [0.29, 0.717) is 0 Å². The van der Waals surface area contributed by atoms with Gasteiger partial charge in [-0.15, -0.1) is 0 Å². The third kappa shape index (κ3) is 3.52. The van der Waals surface area contributed by atoms with Gasteiger partial charge in [-0.3, -0.25) is 0 Å². The summed E-state index contributed by atoms with van der Waals surface area (Å²) in [5, 5.41) is 10.8. The molecule has 5 heteroatoms. The van der Waals surface area contributed by atoms with Crippen LogP contribution in [0.2, 0.25) is 39.3 Å². The lowest BCUT2D eigenvalue weighted by atomic mass is 10.00. The third-order valence-electron chi connectivity index (χ3n) is 3.74. The summed E-state index contributed by atoms with van der Waals surface area (Å²) in [6.45, 7) is 14.3. The number of rotatable bonds is 5. The Labute approximate surface area is 124 Å². The van der Waals surface area contributed by atoms with Crippen LogP contribution in [0.3, 0.4) is 0 Å². The summed E-state index contributed by atoms with van der Waals surface area (Å²) in [5.74, 6) is -0.241. The fraction of sp³-hybridized carbons (Fsp3) is 0.533. The zero-order valence-electron chi connectivity index (χ0n) is 13.5. The molecule has 0 aliphatic carbocycles. The van der Waals surface area contributed by atoms with Crippen LogP contribution in [-0.4, -0.2) is 22.4 Å². The van der Waals surface area contributed by atoms with Gasteiger partial charge < -0.3 is 14.3 Å². The number of aliphatic carboxylic acids is 1. The van der Waals surface area contributed by atoms with Gasteiger partial charge in [-0.25, -0.2) is 0 Å². The molecule has 0 saturated heterocycles. The van der Waals surface area contributed by atoms with Crippen LogP contribution < -0.4 is 9.53 Å². The van der Waals surface area contributed by atoms with Gasteiger partial charge in [0.2, 0.25) is 8.32 Å². The quantitative estimate of drug-likeness (QED) is 0.786. The molecule has 0 amide bonds. The normalized spacial score (nSPS) is 15.6. The second-order valence-corrected chi connectivity index (χ2v) is 17.3. The average molecular weight is 310 g/mol. The summed E-state index contributed by atoms with van der Waals surface area (Å²) < 4.78 is 5.97. The van der Waals surface area contributed by atoms with Crippen molar-refractivity contribution >= 4 is 22.4 Å². The van der Waals surface area contributed by atoms with Crippen LogP contribution in [0.1, 0.15) is 12.5 Å². The molecule has 20 heavy (non-hydrogen) atoms. The zero-order chi connectivity index (χ0) is 15.8. The first-order valence-electron chi connectivity index (χ1n) is 6.89. The van der Waals surface area contributed by atoms with Gasteiger partial charge in [-0.1, -0.05) is 38.7 Å². The second kappa shape index (κ2) is 5.37. The van der Waals surface area contributed by atoms with E-state index in [1.54, 1.807) is 6.92 Å². The smallest absolute Gasteiger partial charge is 0.242 e. The Kier molecular flexibility index (Phi) is 4.56. The van der Waals surface area contributed by atoms with Gasteiger partial charge in [0, 0.05) is 11.0 Å². The Morgan fingerprint density at radius 2 is 1.70 bits per heavy atom. The molecule has 1 aromatic carbocycles. The molecule has 0 fully saturated rings. The minimum absolute atomic E-state index is 0.757. The molecule has 0 aliphatic rings. The van der Waals surface area contributed by atoms with E-state index in [4.69, 9.17) is 4.43 Å². The van der Waals surface area contributed by atoms with Gasteiger partial charge in [0.25, 0.3) is 0 Å². The predicted octanol–water partition coefficient (Wildman–Crippen LogP) is 2.79. The maximum atomic E-state index is 11.8. The molecule has 112 valence electrons. The largest absolute Gasteiger partial charge is 0.550 e. The fourth-order valence-electron chi connectivity index (χ4n) is 2.08. The van der Waals surface area contributed by atoms with Crippen molar-refractivity contribution in [3.63, 3.8) is 0 Å². The Bertz CT molecular complexity index is 501. The van der Waals surface area contributed by atoms with E-state index in [2.05, 4.69) is 39.3 Å². The highest BCUT2D eigenvalue weighted by molar-refractivity contribution is 6.82. The molecule has 0 bridgehead atoms. The maximum Gasteiger partial charge on any atom is 0.242 e. The van der Waals surface area contributed by atoms with Crippen molar-refractivity contribution in [2.45, 2.75) is 51.2 Å². The van der Waals surface area contributed by atoms with Gasteiger partial charge >= 0.3 is 0 Å². The fourth-order valence-corrected chi connectivity index (χ4v) is 4.55. The van der Waals surface area contributed by atoms with Gasteiger partial charge in [-0.05, 0) is 37.3 Å². The first kappa shape index (κ1) is 17.0. The molecule has 0 N–H and O–H groups in total. The molecular formula is C15H25O3Si2-. The van der Waals surface area contributed by atoms with Crippen LogP contribution in [0.5, 0.6) is 5.75 Å². The third-order valence-corrected chi connectivity index (χ3v) is 8.08. The van der Waals surface area contributed by atoms with Gasteiger partial charge in [0.1, 0.15) is 5.75 Å². The van der Waals surface area contributed by atoms with Gasteiger partial charge in [-0.2, -0.15) is 0 Å². The number of carbonyl (C=O) groups is 1. The number of carboxylic acids is 1. The highest BCUT2D eigenvalue weighted by Gasteiger charge is 2.42. The number of hydrogen-bond donors (Lipinski definition) is 0. The molecule has 1 unspecified atom stereocenters. The van der Waals surface area contributed by atoms with Crippen molar-refractivity contribution < 1.29 is 14.3 Å². The predicted molar refractivity (Wildman–Crippen MR) is 86.1 cm³/mol. The van der Waals surface area contributed by atoms with Gasteiger partial charge in [0.05, 0.1) is 8.07 Å². The zero-order valence-corrected chi connectivity index (χ0v) is 15.5. The molecule has 0 heterocycles. The topological polar surface area (TPSA) is 49.4 Å². The molecule has 0 radical (unpaired) electrons. The molecule has 1 rings (SSSR count). The number of hydrogen-bond acceptors (Lipinski definition) is 3. The summed E-state index contributed by atoms with van der Waals surface area (Å²) in [6.07, 6.45) is 0. The molecule has 3 nitrogen and oxygen atoms in total. The second-order valence-electron chi connectivity index (χ2n) is 7.40. The number of carbonyl (C=O) groups excluding carboxylic acids is 1. The minimum atomic E-state index is -2.00. The van der Waals surface area contributed by atoms with Crippen molar-refractivity contribution in [2.75, 3.05) is 0 Å². The lowest BCUT2D eigenvalue weighted by molar-refractivity contribution is -0.310. The number of carboxylic acid groups (broad SMARTS) is 1. The Morgan fingerprint density at radius 1 is 1.15 bits per heavy atom. The first-order chi connectivity index (χ1) is 8.88. The van der Waals surface area contributed by atoms with Crippen LogP contribution in [0.4, 0.5) is 0 Å². The first-order valence-corrected chi connectivity index (χ1v) is 13.8. The van der Waals surface area contributed by atoms with Crippen LogP contribution in [0, 0.1) is 0 Å². The maximum absolute atomic E-state index is 11.8. The average Bonchev–Trinajstić information content (AvgIpc) is 2.24. The lowest BCUT2D eigenvalue weighted by Gasteiger charge is -2.42. The lowest BCUT2D eigenvalue weighted by Crippen LogP contribution is -2.58. The summed E-state index contributed by atoms with van der Waals surface area (Å²) >= 11 is 0. The van der Waals surface area contributed by atoms with Crippen LogP contribution in [0.25, 0.3) is 0 Å². The summed E-state index contributed by atoms with van der Waals surface area (Å²) in [5.41, 5.74) is 0.785. The highest BCUT2D eigenvalue weighted by atomic mass is 28.4. The van der Waals surface area contributed by atoms with Crippen molar-refractivity contribution in [3.05, 3.63) is 29.8 Å². The Morgan fingerprint density at radius 3 is 2.10 bits per heavy atom. The molecule has 0 aliphatic heterocycles. The van der Waals surface area contributed by atoms with E-state index < -0.39 is 27.4 Å². The van der Waals surface area contributed by atoms with E-state index in [-0.39, 0.29) is 0 Å². The SMILES string of the molecule is CC(C(=O)[O-])(c1cccc(O[Si](C)(C)C)c1)[Si](C)(C)C. The van der Waals surface area contributed by atoms with Crippen LogP contribution in [-0.2, 0) is 9.83 Å². The van der Waals surface area contributed by atoms with Crippen molar-refractivity contribution in [1.29, 1.82) is 0 Å². The number of benzene rings is 1. The van der Waals surface area contributed by atoms with Crippen molar-refractivity contribution in [2.24, 2.45) is 0 Å². The van der Waals surface area contributed by atoms with Crippen molar-refractivity contribution in [1.82, 2.24) is 0 Å². The van der Waals surface area contributed by atoms with Crippen LogP contribution in [0.15, 0.2) is 24.3 Å². The van der Waals surface area contributed by atoms with Gasteiger partial charge in [0.15, 0.2) is 0 Å².